The van der Waals surface area contributed by atoms with Crippen molar-refractivity contribution in [2.45, 2.75) is 71.1 Å². The number of nitrogens with one attached hydrogen (secondary N) is 2. The Hall–Kier alpha value is -1.55. The molecule has 0 spiro atoms. The molecule has 0 bridgehead atoms. The largest absolute Gasteiger partial charge is 0.323 e. The molecule has 2 amide bonds. The Kier molecular flexibility index (Phi) is 10.2. The van der Waals surface area contributed by atoms with Crippen LogP contribution in [0.3, 0.4) is 0 Å². The van der Waals surface area contributed by atoms with Crippen LogP contribution < -0.4 is 10.6 Å². The minimum absolute atomic E-state index is 0.0181. The van der Waals surface area contributed by atoms with Gasteiger partial charge in [-0.2, -0.15) is 0 Å². The summed E-state index contributed by atoms with van der Waals surface area (Å²) in [6.45, 7) is 5.75. The molecule has 1 heterocycles. The lowest BCUT2D eigenvalue weighted by molar-refractivity contribution is 0.215. The Labute approximate surface area is 159 Å². The highest BCUT2D eigenvalue weighted by molar-refractivity contribution is 5.89. The Balaban J connectivity index is 1.62. The molecule has 0 saturated carbocycles. The fraction of sp³-hybridized carbons (Fsp3) is 0.682. The van der Waals surface area contributed by atoms with Crippen LogP contribution in [0.15, 0.2) is 24.3 Å². The second-order valence-electron chi connectivity index (χ2n) is 7.44. The van der Waals surface area contributed by atoms with Crippen LogP contribution in [0.4, 0.5) is 10.5 Å². The van der Waals surface area contributed by atoms with Gasteiger partial charge in [-0.15, -0.1) is 0 Å². The number of hydrogen-bond acceptors (Lipinski definition) is 2. The number of amides is 2. The van der Waals surface area contributed by atoms with E-state index in [1.807, 2.05) is 17.0 Å². The summed E-state index contributed by atoms with van der Waals surface area (Å²) >= 11 is 0. The molecular formula is C22H37N3O. The van der Waals surface area contributed by atoms with Gasteiger partial charge in [0.05, 0.1) is 0 Å². The van der Waals surface area contributed by atoms with E-state index in [0.717, 1.165) is 44.7 Å². The van der Waals surface area contributed by atoms with Crippen molar-refractivity contribution in [2.75, 3.05) is 31.5 Å². The van der Waals surface area contributed by atoms with Gasteiger partial charge in [-0.05, 0) is 43.5 Å². The number of unbranched alkanes of at least 4 members (excludes halogenated alkanes) is 7. The van der Waals surface area contributed by atoms with Crippen molar-refractivity contribution < 1.29 is 4.79 Å². The van der Waals surface area contributed by atoms with Gasteiger partial charge < -0.3 is 15.5 Å². The van der Waals surface area contributed by atoms with Crippen molar-refractivity contribution in [3.63, 3.8) is 0 Å². The van der Waals surface area contributed by atoms with Crippen molar-refractivity contribution in [1.82, 2.24) is 10.2 Å². The van der Waals surface area contributed by atoms with Crippen LogP contribution in [0, 0.1) is 0 Å². The van der Waals surface area contributed by atoms with Crippen LogP contribution in [0.5, 0.6) is 0 Å². The van der Waals surface area contributed by atoms with Gasteiger partial charge in [-0.25, -0.2) is 4.79 Å². The third-order valence-corrected chi connectivity index (χ3v) is 5.15. The molecule has 0 aromatic heterocycles. The van der Waals surface area contributed by atoms with Crippen LogP contribution in [-0.2, 0) is 6.42 Å². The van der Waals surface area contributed by atoms with E-state index >= 15 is 0 Å². The number of anilines is 1. The molecule has 1 aromatic carbocycles. The number of hydrogen-bond donors (Lipinski definition) is 2. The summed E-state index contributed by atoms with van der Waals surface area (Å²) in [7, 11) is 0. The Morgan fingerprint density at radius 2 is 1.65 bits per heavy atom. The summed E-state index contributed by atoms with van der Waals surface area (Å²) in [5.41, 5.74) is 2.26. The number of nitrogens with zero attached hydrogens (tertiary/aromatic N) is 1. The van der Waals surface area contributed by atoms with Crippen molar-refractivity contribution in [2.24, 2.45) is 0 Å². The van der Waals surface area contributed by atoms with E-state index in [1.54, 1.807) is 0 Å². The smallest absolute Gasteiger partial charge is 0.321 e. The molecule has 0 unspecified atom stereocenters. The highest BCUT2D eigenvalue weighted by atomic mass is 16.2. The van der Waals surface area contributed by atoms with E-state index < -0.39 is 0 Å². The van der Waals surface area contributed by atoms with E-state index in [1.165, 1.54) is 56.9 Å². The molecule has 146 valence electrons. The maximum absolute atomic E-state index is 12.3. The van der Waals surface area contributed by atoms with Crippen LogP contribution in [-0.4, -0.2) is 37.1 Å². The van der Waals surface area contributed by atoms with Crippen molar-refractivity contribution in [3.8, 4) is 0 Å². The van der Waals surface area contributed by atoms with Gasteiger partial charge in [0.1, 0.15) is 0 Å². The fourth-order valence-corrected chi connectivity index (χ4v) is 3.47. The molecular weight excluding hydrogens is 322 g/mol. The maximum atomic E-state index is 12.3. The van der Waals surface area contributed by atoms with Crippen LogP contribution in [0.1, 0.15) is 70.3 Å². The van der Waals surface area contributed by atoms with Crippen LogP contribution in [0.2, 0.25) is 0 Å². The fourth-order valence-electron chi connectivity index (χ4n) is 3.47. The predicted molar refractivity (Wildman–Crippen MR) is 111 cm³/mol. The highest BCUT2D eigenvalue weighted by Crippen LogP contribution is 2.14. The molecule has 1 aliphatic rings. The van der Waals surface area contributed by atoms with E-state index in [2.05, 4.69) is 29.7 Å². The summed E-state index contributed by atoms with van der Waals surface area (Å²) in [5, 5.41) is 6.35. The van der Waals surface area contributed by atoms with Crippen molar-refractivity contribution in [1.29, 1.82) is 0 Å². The standard InChI is InChI=1S/C22H37N3O/c1-2-3-4-5-6-7-8-9-11-20-12-14-21(15-13-20)24-22(26)25-18-10-16-23-17-19-25/h12-15,23H,2-11,16-19H2,1H3,(H,24,26). The monoisotopic (exact) mass is 359 g/mol. The lowest BCUT2D eigenvalue weighted by Crippen LogP contribution is -2.37. The summed E-state index contributed by atoms with van der Waals surface area (Å²) in [4.78, 5) is 14.2. The number of rotatable bonds is 10. The summed E-state index contributed by atoms with van der Waals surface area (Å²) in [6, 6.07) is 8.40. The SMILES string of the molecule is CCCCCCCCCCc1ccc(NC(=O)N2CCCNCC2)cc1. The molecule has 4 nitrogen and oxygen atoms in total. The molecule has 2 N–H and O–H groups in total. The quantitative estimate of drug-likeness (QED) is 0.564. The predicted octanol–water partition coefficient (Wildman–Crippen LogP) is 5.20. The average Bonchev–Trinajstić information content (AvgIpc) is 2.95. The lowest BCUT2D eigenvalue weighted by Gasteiger charge is -2.20. The topological polar surface area (TPSA) is 44.4 Å². The zero-order valence-electron chi connectivity index (χ0n) is 16.6. The van der Waals surface area contributed by atoms with Gasteiger partial charge in [0, 0.05) is 25.3 Å². The average molecular weight is 360 g/mol. The third kappa shape index (κ3) is 8.22. The number of benzene rings is 1. The Morgan fingerprint density at radius 1 is 0.962 bits per heavy atom. The molecule has 2 rings (SSSR count). The van der Waals surface area contributed by atoms with E-state index in [9.17, 15) is 4.79 Å². The maximum Gasteiger partial charge on any atom is 0.321 e. The summed E-state index contributed by atoms with van der Waals surface area (Å²) in [5.74, 6) is 0. The number of aryl methyl sites for hydroxylation is 1. The van der Waals surface area contributed by atoms with Crippen molar-refractivity contribution in [3.05, 3.63) is 29.8 Å². The molecule has 1 aliphatic heterocycles. The third-order valence-electron chi connectivity index (χ3n) is 5.15. The van der Waals surface area contributed by atoms with Gasteiger partial charge >= 0.3 is 6.03 Å². The molecule has 0 aliphatic carbocycles. The van der Waals surface area contributed by atoms with Crippen molar-refractivity contribution >= 4 is 11.7 Å². The molecule has 0 radical (unpaired) electrons. The first-order valence-electron chi connectivity index (χ1n) is 10.6. The number of urea groups is 1. The second-order valence-corrected chi connectivity index (χ2v) is 7.44. The minimum atomic E-state index is 0.0181. The molecule has 4 heteroatoms. The van der Waals surface area contributed by atoms with Crippen LogP contribution >= 0.6 is 0 Å². The van der Waals surface area contributed by atoms with Crippen LogP contribution in [0.25, 0.3) is 0 Å². The highest BCUT2D eigenvalue weighted by Gasteiger charge is 2.14. The number of carbonyl (C=O) groups is 1. The molecule has 0 atom stereocenters. The Morgan fingerprint density at radius 3 is 2.38 bits per heavy atom. The summed E-state index contributed by atoms with van der Waals surface area (Å²) < 4.78 is 0. The normalized spacial score (nSPS) is 14.9. The van der Waals surface area contributed by atoms with E-state index in [0.29, 0.717) is 0 Å². The molecule has 1 saturated heterocycles. The molecule has 1 aromatic rings. The van der Waals surface area contributed by atoms with Gasteiger partial charge in [0.25, 0.3) is 0 Å². The number of carbonyl (C=O) groups excluding carboxylic acids is 1. The lowest BCUT2D eigenvalue weighted by atomic mass is 10.0. The van der Waals surface area contributed by atoms with Gasteiger partial charge in [0.15, 0.2) is 0 Å². The Bertz CT molecular complexity index is 493. The zero-order chi connectivity index (χ0) is 18.5. The van der Waals surface area contributed by atoms with Gasteiger partial charge in [-0.1, -0.05) is 64.0 Å². The molecule has 26 heavy (non-hydrogen) atoms. The minimum Gasteiger partial charge on any atom is -0.323 e. The van der Waals surface area contributed by atoms with E-state index in [-0.39, 0.29) is 6.03 Å². The van der Waals surface area contributed by atoms with Gasteiger partial charge in [0.2, 0.25) is 0 Å². The molecule has 1 fully saturated rings. The first-order valence-corrected chi connectivity index (χ1v) is 10.6. The second kappa shape index (κ2) is 12.7. The van der Waals surface area contributed by atoms with Gasteiger partial charge in [-0.3, -0.25) is 0 Å². The first kappa shape index (κ1) is 20.8. The van der Waals surface area contributed by atoms with E-state index in [4.69, 9.17) is 0 Å². The summed E-state index contributed by atoms with van der Waals surface area (Å²) in [6.07, 6.45) is 13.0. The zero-order valence-corrected chi connectivity index (χ0v) is 16.6. The first-order chi connectivity index (χ1) is 12.8.